The molecule has 1 aromatic rings. The van der Waals surface area contributed by atoms with Crippen LogP contribution < -0.4 is 5.73 Å². The largest absolute Gasteiger partial charge is 0.347 e. The number of aromatic nitrogens is 2. The summed E-state index contributed by atoms with van der Waals surface area (Å²) in [5, 5.41) is 9.48. The fraction of sp³-hybridized carbons (Fsp3) is 0.818. The first kappa shape index (κ1) is 12.8. The number of ether oxygens (including phenoxy) is 2. The van der Waals surface area contributed by atoms with Crippen molar-refractivity contribution in [2.45, 2.75) is 47.6 Å². The Balaban J connectivity index is 1.69. The number of aryl methyl sites for hydroxylation is 1. The summed E-state index contributed by atoms with van der Waals surface area (Å²) in [5.74, 6) is -0.382. The van der Waals surface area contributed by atoms with Gasteiger partial charge in [0, 0.05) is 24.1 Å². The molecule has 2 aliphatic rings. The van der Waals surface area contributed by atoms with Gasteiger partial charge >= 0.3 is 0 Å². The second kappa shape index (κ2) is 5.05. The van der Waals surface area contributed by atoms with Crippen molar-refractivity contribution in [3.63, 3.8) is 0 Å². The molecule has 2 N–H and O–H groups in total. The van der Waals surface area contributed by atoms with E-state index in [4.69, 9.17) is 15.2 Å². The minimum Gasteiger partial charge on any atom is -0.347 e. The van der Waals surface area contributed by atoms with Crippen LogP contribution in [-0.4, -0.2) is 40.5 Å². The van der Waals surface area contributed by atoms with Crippen LogP contribution in [0.4, 0.5) is 0 Å². The average molecular weight is 287 g/mol. The van der Waals surface area contributed by atoms with Gasteiger partial charge in [0.2, 0.25) is 0 Å². The van der Waals surface area contributed by atoms with Gasteiger partial charge in [-0.15, -0.1) is 10.2 Å². The van der Waals surface area contributed by atoms with Gasteiger partial charge in [-0.25, -0.2) is 0 Å². The molecule has 2 atom stereocenters. The molecule has 0 amide bonds. The number of thioether (sulfide) groups is 1. The molecule has 5 nitrogen and oxygen atoms in total. The normalized spacial score (nSPS) is 31.0. The van der Waals surface area contributed by atoms with Crippen LogP contribution in [-0.2, 0) is 9.47 Å². The number of nitrogens with two attached hydrogens (primary N) is 1. The molecule has 100 valence electrons. The third kappa shape index (κ3) is 2.55. The van der Waals surface area contributed by atoms with Crippen LogP contribution in [0.25, 0.3) is 0 Å². The first-order valence-corrected chi connectivity index (χ1v) is 7.87. The maximum absolute atomic E-state index is 6.21. The Morgan fingerprint density at radius 1 is 1.39 bits per heavy atom. The maximum atomic E-state index is 6.21. The number of hydrogen-bond donors (Lipinski definition) is 1. The van der Waals surface area contributed by atoms with E-state index in [2.05, 4.69) is 10.2 Å². The highest BCUT2D eigenvalue weighted by molar-refractivity contribution is 8.01. The number of rotatable bonds is 2. The van der Waals surface area contributed by atoms with E-state index in [1.54, 1.807) is 23.1 Å². The minimum absolute atomic E-state index is 0.178. The van der Waals surface area contributed by atoms with Crippen molar-refractivity contribution < 1.29 is 9.47 Å². The molecular weight excluding hydrogens is 270 g/mol. The lowest BCUT2D eigenvalue weighted by Crippen LogP contribution is -2.47. The summed E-state index contributed by atoms with van der Waals surface area (Å²) in [4.78, 5) is 0. The van der Waals surface area contributed by atoms with E-state index >= 15 is 0 Å². The van der Waals surface area contributed by atoms with E-state index < -0.39 is 0 Å². The monoisotopic (exact) mass is 287 g/mol. The zero-order valence-corrected chi connectivity index (χ0v) is 11.9. The van der Waals surface area contributed by atoms with Crippen LogP contribution in [0.1, 0.15) is 24.3 Å². The van der Waals surface area contributed by atoms with Gasteiger partial charge in [-0.05, 0) is 13.3 Å². The van der Waals surface area contributed by atoms with Gasteiger partial charge in [-0.2, -0.15) is 0 Å². The third-order valence-electron chi connectivity index (χ3n) is 3.42. The van der Waals surface area contributed by atoms with Crippen LogP contribution in [0.2, 0.25) is 0 Å². The molecule has 1 aliphatic carbocycles. The minimum atomic E-state index is -0.382. The molecule has 1 saturated heterocycles. The molecule has 18 heavy (non-hydrogen) atoms. The van der Waals surface area contributed by atoms with Crippen LogP contribution in [0.15, 0.2) is 4.34 Å². The van der Waals surface area contributed by atoms with Crippen molar-refractivity contribution in [2.75, 3.05) is 13.2 Å². The molecule has 1 aromatic heterocycles. The fourth-order valence-corrected chi connectivity index (χ4v) is 4.81. The van der Waals surface area contributed by atoms with Gasteiger partial charge in [-0.1, -0.05) is 23.1 Å². The molecule has 1 aliphatic heterocycles. The highest BCUT2D eigenvalue weighted by Gasteiger charge is 2.44. The SMILES string of the molecule is Cc1nnc(SC2CC3(CCC2N)OCCO3)s1. The zero-order chi connectivity index (χ0) is 12.6. The predicted octanol–water partition coefficient (Wildman–Crippen LogP) is 1.56. The Kier molecular flexibility index (Phi) is 3.59. The van der Waals surface area contributed by atoms with E-state index in [1.165, 1.54) is 0 Å². The standard InChI is InChI=1S/C11H17N3O2S2/c1-7-13-14-10(17-7)18-9-6-11(3-2-8(9)12)15-4-5-16-11/h8-9H,2-6,12H2,1H3. The molecule has 2 unspecified atom stereocenters. The second-order valence-electron chi connectivity index (χ2n) is 4.76. The van der Waals surface area contributed by atoms with E-state index in [0.717, 1.165) is 28.6 Å². The zero-order valence-electron chi connectivity index (χ0n) is 10.3. The summed E-state index contributed by atoms with van der Waals surface area (Å²) in [7, 11) is 0. The summed E-state index contributed by atoms with van der Waals surface area (Å²) in [6.45, 7) is 3.36. The molecule has 7 heteroatoms. The molecule has 0 bridgehead atoms. The smallest absolute Gasteiger partial charge is 0.174 e. The van der Waals surface area contributed by atoms with Crippen molar-refractivity contribution in [1.82, 2.24) is 10.2 Å². The number of nitrogens with zero attached hydrogens (tertiary/aromatic N) is 2. The molecular formula is C11H17N3O2S2. The van der Waals surface area contributed by atoms with Crippen molar-refractivity contribution in [2.24, 2.45) is 5.73 Å². The fourth-order valence-electron chi connectivity index (χ4n) is 2.48. The third-order valence-corrected chi connectivity index (χ3v) is 5.70. The molecule has 2 fully saturated rings. The Labute approximate surface area is 114 Å². The van der Waals surface area contributed by atoms with Crippen molar-refractivity contribution in [1.29, 1.82) is 0 Å². The van der Waals surface area contributed by atoms with Gasteiger partial charge in [0.15, 0.2) is 10.1 Å². The van der Waals surface area contributed by atoms with Crippen LogP contribution >= 0.6 is 23.1 Å². The summed E-state index contributed by atoms with van der Waals surface area (Å²) >= 11 is 3.33. The van der Waals surface area contributed by atoms with Gasteiger partial charge in [0.25, 0.3) is 0 Å². The van der Waals surface area contributed by atoms with Crippen molar-refractivity contribution in [3.8, 4) is 0 Å². The molecule has 1 saturated carbocycles. The van der Waals surface area contributed by atoms with Gasteiger partial charge < -0.3 is 15.2 Å². The topological polar surface area (TPSA) is 70.3 Å². The van der Waals surface area contributed by atoms with E-state index in [1.807, 2.05) is 6.92 Å². The van der Waals surface area contributed by atoms with Crippen molar-refractivity contribution in [3.05, 3.63) is 5.01 Å². The van der Waals surface area contributed by atoms with Gasteiger partial charge in [0.1, 0.15) is 5.01 Å². The Morgan fingerprint density at radius 3 is 2.83 bits per heavy atom. The van der Waals surface area contributed by atoms with E-state index in [9.17, 15) is 0 Å². The summed E-state index contributed by atoms with van der Waals surface area (Å²) < 4.78 is 12.5. The van der Waals surface area contributed by atoms with E-state index in [0.29, 0.717) is 18.5 Å². The van der Waals surface area contributed by atoms with Crippen LogP contribution in [0.5, 0.6) is 0 Å². The molecule has 0 radical (unpaired) electrons. The van der Waals surface area contributed by atoms with Gasteiger partial charge in [-0.3, -0.25) is 0 Å². The quantitative estimate of drug-likeness (QED) is 0.890. The highest BCUT2D eigenvalue weighted by Crippen LogP contribution is 2.42. The van der Waals surface area contributed by atoms with E-state index in [-0.39, 0.29) is 11.8 Å². The summed E-state index contributed by atoms with van der Waals surface area (Å²) in [6, 6.07) is 0.178. The van der Waals surface area contributed by atoms with Gasteiger partial charge in [0.05, 0.1) is 13.2 Å². The first-order chi connectivity index (χ1) is 8.67. The van der Waals surface area contributed by atoms with Crippen LogP contribution in [0, 0.1) is 6.92 Å². The second-order valence-corrected chi connectivity index (χ2v) is 7.43. The summed E-state index contributed by atoms with van der Waals surface area (Å²) in [6.07, 6.45) is 2.69. The first-order valence-electron chi connectivity index (χ1n) is 6.17. The Morgan fingerprint density at radius 2 is 2.17 bits per heavy atom. The molecule has 1 spiro atoms. The Bertz CT molecular complexity index is 420. The van der Waals surface area contributed by atoms with Crippen molar-refractivity contribution >= 4 is 23.1 Å². The molecule has 3 rings (SSSR count). The van der Waals surface area contributed by atoms with Crippen LogP contribution in [0.3, 0.4) is 0 Å². The highest BCUT2D eigenvalue weighted by atomic mass is 32.2. The lowest BCUT2D eigenvalue weighted by atomic mass is 9.90. The lowest BCUT2D eigenvalue weighted by Gasteiger charge is -2.38. The predicted molar refractivity (Wildman–Crippen MR) is 70.8 cm³/mol. The number of hydrogen-bond acceptors (Lipinski definition) is 7. The average Bonchev–Trinajstić information content (AvgIpc) is 2.95. The maximum Gasteiger partial charge on any atom is 0.174 e. The Hall–Kier alpha value is -0.210. The summed E-state index contributed by atoms with van der Waals surface area (Å²) in [5.41, 5.74) is 6.21. The molecule has 2 heterocycles. The lowest BCUT2D eigenvalue weighted by molar-refractivity contribution is -0.176. The molecule has 0 aromatic carbocycles.